The molecule has 104 valence electrons. The average Bonchev–Trinajstić information content (AvgIpc) is 2.46. The first kappa shape index (κ1) is 14.3. The molecule has 0 fully saturated rings. The molecule has 2 aromatic rings. The fourth-order valence-corrected chi connectivity index (χ4v) is 2.31. The van der Waals surface area contributed by atoms with Crippen LogP contribution >= 0.6 is 0 Å². The van der Waals surface area contributed by atoms with Crippen molar-refractivity contribution in [2.45, 2.75) is 33.1 Å². The van der Waals surface area contributed by atoms with Crippen molar-refractivity contribution in [2.75, 3.05) is 0 Å². The van der Waals surface area contributed by atoms with Crippen molar-refractivity contribution in [3.63, 3.8) is 0 Å². The van der Waals surface area contributed by atoms with Gasteiger partial charge in [0.15, 0.2) is 0 Å². The van der Waals surface area contributed by atoms with Crippen LogP contribution < -0.4 is 0 Å². The Morgan fingerprint density at radius 3 is 2.35 bits per heavy atom. The number of carbonyl (C=O) groups is 1. The smallest absolute Gasteiger partial charge is 0.336 e. The van der Waals surface area contributed by atoms with E-state index in [9.17, 15) is 9.90 Å². The molecule has 1 N–H and O–H groups in total. The van der Waals surface area contributed by atoms with Crippen LogP contribution in [0.2, 0.25) is 0 Å². The molecule has 1 unspecified atom stereocenters. The Morgan fingerprint density at radius 1 is 1.15 bits per heavy atom. The normalized spacial score (nSPS) is 12.2. The molecule has 0 radical (unpaired) electrons. The van der Waals surface area contributed by atoms with Gasteiger partial charge < -0.3 is 5.11 Å². The predicted molar refractivity (Wildman–Crippen MR) is 82.3 cm³/mol. The maximum Gasteiger partial charge on any atom is 0.336 e. The second-order valence-electron chi connectivity index (χ2n) is 5.29. The SMILES string of the molecule is CCC(C)c1ccc(-c2cc(C)ccc2C(=O)O)cc1. The van der Waals surface area contributed by atoms with Crippen LogP contribution in [-0.4, -0.2) is 11.1 Å². The number of rotatable bonds is 4. The first-order chi connectivity index (χ1) is 9.52. The molecule has 2 heteroatoms. The molecule has 1 atom stereocenters. The maximum absolute atomic E-state index is 11.3. The molecular formula is C18H20O2. The van der Waals surface area contributed by atoms with E-state index in [4.69, 9.17) is 0 Å². The summed E-state index contributed by atoms with van der Waals surface area (Å²) < 4.78 is 0. The van der Waals surface area contributed by atoms with Crippen LogP contribution in [0.15, 0.2) is 42.5 Å². The molecule has 0 bridgehead atoms. The molecule has 0 aliphatic heterocycles. The van der Waals surface area contributed by atoms with Gasteiger partial charge >= 0.3 is 5.97 Å². The number of hydrogen-bond donors (Lipinski definition) is 1. The predicted octanol–water partition coefficient (Wildman–Crippen LogP) is 4.87. The quantitative estimate of drug-likeness (QED) is 0.858. The molecule has 0 heterocycles. The number of aromatic carboxylic acids is 1. The van der Waals surface area contributed by atoms with Gasteiger partial charge in [-0.25, -0.2) is 4.79 Å². The first-order valence-corrected chi connectivity index (χ1v) is 6.97. The fourth-order valence-electron chi connectivity index (χ4n) is 2.31. The Kier molecular flexibility index (Phi) is 4.23. The fraction of sp³-hybridized carbons (Fsp3) is 0.278. The summed E-state index contributed by atoms with van der Waals surface area (Å²) in [5, 5.41) is 9.30. The molecule has 0 saturated carbocycles. The molecule has 0 saturated heterocycles. The van der Waals surface area contributed by atoms with E-state index in [1.54, 1.807) is 6.07 Å². The summed E-state index contributed by atoms with van der Waals surface area (Å²) in [4.78, 5) is 11.3. The van der Waals surface area contributed by atoms with Crippen molar-refractivity contribution in [3.8, 4) is 11.1 Å². The van der Waals surface area contributed by atoms with Crippen LogP contribution in [-0.2, 0) is 0 Å². The summed E-state index contributed by atoms with van der Waals surface area (Å²) in [7, 11) is 0. The van der Waals surface area contributed by atoms with Gasteiger partial charge in [-0.1, -0.05) is 55.8 Å². The van der Waals surface area contributed by atoms with Crippen molar-refractivity contribution in [1.82, 2.24) is 0 Å². The minimum absolute atomic E-state index is 0.354. The monoisotopic (exact) mass is 268 g/mol. The van der Waals surface area contributed by atoms with Gasteiger partial charge in [-0.05, 0) is 42.0 Å². The van der Waals surface area contributed by atoms with E-state index >= 15 is 0 Å². The molecule has 20 heavy (non-hydrogen) atoms. The summed E-state index contributed by atoms with van der Waals surface area (Å²) in [6, 6.07) is 13.7. The summed E-state index contributed by atoms with van der Waals surface area (Å²) in [6.07, 6.45) is 1.10. The third-order valence-corrected chi connectivity index (χ3v) is 3.81. The Bertz CT molecular complexity index is 612. The topological polar surface area (TPSA) is 37.3 Å². The summed E-state index contributed by atoms with van der Waals surface area (Å²) in [5.74, 6) is -0.355. The first-order valence-electron chi connectivity index (χ1n) is 6.97. The average molecular weight is 268 g/mol. The number of aryl methyl sites for hydroxylation is 1. The number of benzene rings is 2. The lowest BCUT2D eigenvalue weighted by Crippen LogP contribution is -2.00. The van der Waals surface area contributed by atoms with Gasteiger partial charge in [0.25, 0.3) is 0 Å². The van der Waals surface area contributed by atoms with Crippen molar-refractivity contribution >= 4 is 5.97 Å². The molecule has 2 aromatic carbocycles. The van der Waals surface area contributed by atoms with Crippen molar-refractivity contribution in [1.29, 1.82) is 0 Å². The van der Waals surface area contributed by atoms with E-state index in [1.807, 2.05) is 31.2 Å². The zero-order valence-electron chi connectivity index (χ0n) is 12.2. The number of carboxylic acid groups (broad SMARTS) is 1. The van der Waals surface area contributed by atoms with E-state index in [-0.39, 0.29) is 0 Å². The molecule has 0 aliphatic carbocycles. The van der Waals surface area contributed by atoms with Crippen molar-refractivity contribution in [3.05, 3.63) is 59.2 Å². The summed E-state index contributed by atoms with van der Waals surface area (Å²) in [5.41, 5.74) is 4.45. The zero-order chi connectivity index (χ0) is 14.7. The third-order valence-electron chi connectivity index (χ3n) is 3.81. The number of hydrogen-bond acceptors (Lipinski definition) is 1. The molecule has 2 nitrogen and oxygen atoms in total. The molecule has 2 rings (SSSR count). The van der Waals surface area contributed by atoms with Gasteiger partial charge in [-0.3, -0.25) is 0 Å². The summed E-state index contributed by atoms with van der Waals surface area (Å²) >= 11 is 0. The van der Waals surface area contributed by atoms with Crippen molar-refractivity contribution in [2.24, 2.45) is 0 Å². The minimum Gasteiger partial charge on any atom is -0.478 e. The Balaban J connectivity index is 2.46. The van der Waals surface area contributed by atoms with E-state index in [0.29, 0.717) is 11.5 Å². The van der Waals surface area contributed by atoms with E-state index < -0.39 is 5.97 Å². The lowest BCUT2D eigenvalue weighted by atomic mass is 9.93. The standard InChI is InChI=1S/C18H20O2/c1-4-13(3)14-6-8-15(9-7-14)17-11-12(2)5-10-16(17)18(19)20/h5-11,13H,4H2,1-3H3,(H,19,20). The molecular weight excluding hydrogens is 248 g/mol. The van der Waals surface area contributed by atoms with E-state index in [0.717, 1.165) is 23.1 Å². The largest absolute Gasteiger partial charge is 0.478 e. The van der Waals surface area contributed by atoms with Gasteiger partial charge in [-0.2, -0.15) is 0 Å². The van der Waals surface area contributed by atoms with Crippen LogP contribution in [0, 0.1) is 6.92 Å². The van der Waals surface area contributed by atoms with Crippen LogP contribution in [0.5, 0.6) is 0 Å². The lowest BCUT2D eigenvalue weighted by Gasteiger charge is -2.11. The lowest BCUT2D eigenvalue weighted by molar-refractivity contribution is 0.0697. The van der Waals surface area contributed by atoms with Crippen LogP contribution in [0.4, 0.5) is 0 Å². The van der Waals surface area contributed by atoms with Crippen LogP contribution in [0.25, 0.3) is 11.1 Å². The highest BCUT2D eigenvalue weighted by atomic mass is 16.4. The number of carboxylic acids is 1. The van der Waals surface area contributed by atoms with Gasteiger partial charge in [-0.15, -0.1) is 0 Å². The highest BCUT2D eigenvalue weighted by Crippen LogP contribution is 2.27. The summed E-state index contributed by atoms with van der Waals surface area (Å²) in [6.45, 7) is 6.34. The van der Waals surface area contributed by atoms with Crippen LogP contribution in [0.3, 0.4) is 0 Å². The Morgan fingerprint density at radius 2 is 1.80 bits per heavy atom. The minimum atomic E-state index is -0.883. The molecule has 0 aliphatic rings. The maximum atomic E-state index is 11.3. The van der Waals surface area contributed by atoms with Gasteiger partial charge in [0.05, 0.1) is 5.56 Å². The van der Waals surface area contributed by atoms with Gasteiger partial charge in [0.1, 0.15) is 0 Å². The molecule has 0 aromatic heterocycles. The molecule has 0 spiro atoms. The zero-order valence-corrected chi connectivity index (χ0v) is 12.2. The van der Waals surface area contributed by atoms with Gasteiger partial charge in [0, 0.05) is 0 Å². The Hall–Kier alpha value is -2.09. The second kappa shape index (κ2) is 5.91. The van der Waals surface area contributed by atoms with E-state index in [1.165, 1.54) is 5.56 Å². The third kappa shape index (κ3) is 2.90. The molecule has 0 amide bonds. The van der Waals surface area contributed by atoms with E-state index in [2.05, 4.69) is 26.0 Å². The second-order valence-corrected chi connectivity index (χ2v) is 5.29. The van der Waals surface area contributed by atoms with Gasteiger partial charge in [0.2, 0.25) is 0 Å². The highest BCUT2D eigenvalue weighted by molar-refractivity contribution is 5.96. The highest BCUT2D eigenvalue weighted by Gasteiger charge is 2.12. The Labute approximate surface area is 120 Å². The van der Waals surface area contributed by atoms with Crippen LogP contribution in [0.1, 0.15) is 47.7 Å². The van der Waals surface area contributed by atoms with Crippen molar-refractivity contribution < 1.29 is 9.90 Å².